The molecule has 0 aliphatic carbocycles. The van der Waals surface area contributed by atoms with Gasteiger partial charge in [0.25, 0.3) is 0 Å². The third-order valence-electron chi connectivity index (χ3n) is 3.29. The minimum Gasteiger partial charge on any atom is -0.493 e. The van der Waals surface area contributed by atoms with Crippen LogP contribution < -0.4 is 14.8 Å². The molecule has 6 heteroatoms. The fourth-order valence-corrected chi connectivity index (χ4v) is 2.11. The molecule has 23 heavy (non-hydrogen) atoms. The van der Waals surface area contributed by atoms with E-state index in [2.05, 4.69) is 5.32 Å². The molecule has 5 nitrogen and oxygen atoms in total. The van der Waals surface area contributed by atoms with E-state index in [1.165, 1.54) is 24.1 Å². The van der Waals surface area contributed by atoms with Gasteiger partial charge in [0.05, 0.1) is 14.2 Å². The van der Waals surface area contributed by atoms with Crippen molar-refractivity contribution in [1.82, 2.24) is 4.90 Å². The summed E-state index contributed by atoms with van der Waals surface area (Å²) in [6.07, 6.45) is 0. The number of anilines is 1. The predicted octanol–water partition coefficient (Wildman–Crippen LogP) is 3.51. The van der Waals surface area contributed by atoms with Gasteiger partial charge in [-0.05, 0) is 29.8 Å². The monoisotopic (exact) mass is 318 g/mol. The average molecular weight is 318 g/mol. The number of nitrogens with zero attached hydrogens (tertiary/aromatic N) is 1. The van der Waals surface area contributed by atoms with Crippen LogP contribution in [0.4, 0.5) is 14.9 Å². The van der Waals surface area contributed by atoms with Crippen LogP contribution in [0.2, 0.25) is 0 Å². The van der Waals surface area contributed by atoms with E-state index in [0.717, 1.165) is 5.56 Å². The molecular weight excluding hydrogens is 299 g/mol. The molecular formula is C17H19FN2O3. The van der Waals surface area contributed by atoms with Gasteiger partial charge in [0.1, 0.15) is 5.82 Å². The van der Waals surface area contributed by atoms with E-state index in [4.69, 9.17) is 9.47 Å². The van der Waals surface area contributed by atoms with Crippen molar-refractivity contribution in [1.29, 1.82) is 0 Å². The fourth-order valence-electron chi connectivity index (χ4n) is 2.11. The molecule has 0 saturated heterocycles. The first-order valence-electron chi connectivity index (χ1n) is 7.02. The Kier molecular flexibility index (Phi) is 5.41. The summed E-state index contributed by atoms with van der Waals surface area (Å²) in [7, 11) is 4.71. The number of amides is 2. The van der Waals surface area contributed by atoms with Gasteiger partial charge in [-0.1, -0.05) is 12.1 Å². The Hall–Kier alpha value is -2.76. The molecule has 2 amide bonds. The van der Waals surface area contributed by atoms with E-state index in [-0.39, 0.29) is 11.8 Å². The van der Waals surface area contributed by atoms with Crippen LogP contribution in [0.25, 0.3) is 0 Å². The highest BCUT2D eigenvalue weighted by molar-refractivity contribution is 5.89. The SMILES string of the molecule is COc1ccc(NC(=O)N(C)Cc2cccc(F)c2)cc1OC. The molecule has 0 unspecified atom stereocenters. The zero-order valence-electron chi connectivity index (χ0n) is 13.3. The Balaban J connectivity index is 2.03. The topological polar surface area (TPSA) is 50.8 Å². The maximum Gasteiger partial charge on any atom is 0.321 e. The van der Waals surface area contributed by atoms with Crippen LogP contribution in [0.5, 0.6) is 11.5 Å². The fraction of sp³-hybridized carbons (Fsp3) is 0.235. The molecule has 2 aromatic carbocycles. The van der Waals surface area contributed by atoms with Crippen molar-refractivity contribution < 1.29 is 18.7 Å². The van der Waals surface area contributed by atoms with E-state index in [9.17, 15) is 9.18 Å². The highest BCUT2D eigenvalue weighted by Gasteiger charge is 2.11. The van der Waals surface area contributed by atoms with Gasteiger partial charge in [-0.25, -0.2) is 9.18 Å². The Morgan fingerprint density at radius 3 is 2.52 bits per heavy atom. The summed E-state index contributed by atoms with van der Waals surface area (Å²) in [6.45, 7) is 0.302. The number of ether oxygens (including phenoxy) is 2. The van der Waals surface area contributed by atoms with Crippen molar-refractivity contribution in [2.24, 2.45) is 0 Å². The Bertz CT molecular complexity index is 691. The summed E-state index contributed by atoms with van der Waals surface area (Å²) >= 11 is 0. The smallest absolute Gasteiger partial charge is 0.321 e. The van der Waals surface area contributed by atoms with Gasteiger partial charge in [-0.2, -0.15) is 0 Å². The van der Waals surface area contributed by atoms with E-state index >= 15 is 0 Å². The van der Waals surface area contributed by atoms with Crippen LogP contribution in [0.15, 0.2) is 42.5 Å². The van der Waals surface area contributed by atoms with E-state index in [0.29, 0.717) is 23.7 Å². The van der Waals surface area contributed by atoms with Gasteiger partial charge in [0.2, 0.25) is 0 Å². The van der Waals surface area contributed by atoms with Crippen molar-refractivity contribution in [3.8, 4) is 11.5 Å². The standard InChI is InChI=1S/C17H19FN2O3/c1-20(11-12-5-4-6-13(18)9-12)17(21)19-14-7-8-15(22-2)16(10-14)23-3/h4-10H,11H2,1-3H3,(H,19,21). The molecule has 0 aliphatic heterocycles. The maximum absolute atomic E-state index is 13.2. The minimum absolute atomic E-state index is 0.302. The first-order valence-corrected chi connectivity index (χ1v) is 7.02. The third-order valence-corrected chi connectivity index (χ3v) is 3.29. The number of methoxy groups -OCH3 is 2. The second-order valence-corrected chi connectivity index (χ2v) is 4.99. The number of hydrogen-bond acceptors (Lipinski definition) is 3. The zero-order valence-corrected chi connectivity index (χ0v) is 13.3. The number of rotatable bonds is 5. The van der Waals surface area contributed by atoms with Gasteiger partial charge in [-0.3, -0.25) is 0 Å². The number of carbonyl (C=O) groups is 1. The molecule has 0 spiro atoms. The van der Waals surface area contributed by atoms with Gasteiger partial charge in [-0.15, -0.1) is 0 Å². The lowest BCUT2D eigenvalue weighted by Gasteiger charge is -2.18. The van der Waals surface area contributed by atoms with Gasteiger partial charge in [0, 0.05) is 25.3 Å². The van der Waals surface area contributed by atoms with Crippen LogP contribution >= 0.6 is 0 Å². The number of urea groups is 1. The van der Waals surface area contributed by atoms with Crippen LogP contribution in [-0.4, -0.2) is 32.2 Å². The van der Waals surface area contributed by atoms with Crippen molar-refractivity contribution in [3.63, 3.8) is 0 Å². The molecule has 2 aromatic rings. The molecule has 0 heterocycles. The second-order valence-electron chi connectivity index (χ2n) is 4.99. The lowest BCUT2D eigenvalue weighted by atomic mass is 10.2. The highest BCUT2D eigenvalue weighted by Crippen LogP contribution is 2.29. The molecule has 122 valence electrons. The molecule has 0 aliphatic rings. The maximum atomic E-state index is 13.2. The summed E-state index contributed by atoms with van der Waals surface area (Å²) in [6, 6.07) is 11.0. The molecule has 2 rings (SSSR count). The van der Waals surface area contributed by atoms with Gasteiger partial charge < -0.3 is 19.7 Å². The molecule has 0 atom stereocenters. The molecule has 0 saturated carbocycles. The molecule has 0 radical (unpaired) electrons. The number of halogens is 1. The quantitative estimate of drug-likeness (QED) is 0.918. The van der Waals surface area contributed by atoms with Crippen LogP contribution in [0.1, 0.15) is 5.56 Å². The summed E-state index contributed by atoms with van der Waals surface area (Å²) in [4.78, 5) is 13.7. The van der Waals surface area contributed by atoms with E-state index in [1.54, 1.807) is 44.5 Å². The normalized spacial score (nSPS) is 10.1. The zero-order chi connectivity index (χ0) is 16.8. The van der Waals surface area contributed by atoms with Crippen molar-refractivity contribution in [3.05, 3.63) is 53.8 Å². The van der Waals surface area contributed by atoms with Crippen molar-refractivity contribution in [2.75, 3.05) is 26.6 Å². The summed E-state index contributed by atoms with van der Waals surface area (Å²) in [5.74, 6) is 0.785. The summed E-state index contributed by atoms with van der Waals surface area (Å²) in [5.41, 5.74) is 1.30. The number of benzene rings is 2. The molecule has 0 bridgehead atoms. The third kappa shape index (κ3) is 4.35. The Morgan fingerprint density at radius 2 is 1.87 bits per heavy atom. The van der Waals surface area contributed by atoms with Crippen molar-refractivity contribution >= 4 is 11.7 Å². The van der Waals surface area contributed by atoms with Gasteiger partial charge >= 0.3 is 6.03 Å². The molecule has 1 N–H and O–H groups in total. The lowest BCUT2D eigenvalue weighted by molar-refractivity contribution is 0.220. The van der Waals surface area contributed by atoms with Gasteiger partial charge in [0.15, 0.2) is 11.5 Å². The second kappa shape index (κ2) is 7.49. The van der Waals surface area contributed by atoms with E-state index < -0.39 is 0 Å². The Morgan fingerprint density at radius 1 is 1.13 bits per heavy atom. The minimum atomic E-state index is -0.323. The summed E-state index contributed by atoms with van der Waals surface area (Å²) < 4.78 is 23.5. The highest BCUT2D eigenvalue weighted by atomic mass is 19.1. The predicted molar refractivity (Wildman–Crippen MR) is 86.4 cm³/mol. The van der Waals surface area contributed by atoms with Crippen LogP contribution in [0, 0.1) is 5.82 Å². The number of carbonyl (C=O) groups excluding carboxylic acids is 1. The van der Waals surface area contributed by atoms with E-state index in [1.807, 2.05) is 0 Å². The number of hydrogen-bond donors (Lipinski definition) is 1. The average Bonchev–Trinajstić information content (AvgIpc) is 2.54. The molecule has 0 aromatic heterocycles. The van der Waals surface area contributed by atoms with Crippen molar-refractivity contribution in [2.45, 2.75) is 6.54 Å². The van der Waals surface area contributed by atoms with Crippen LogP contribution in [-0.2, 0) is 6.54 Å². The van der Waals surface area contributed by atoms with Crippen LogP contribution in [0.3, 0.4) is 0 Å². The molecule has 0 fully saturated rings. The Labute approximate surface area is 134 Å². The lowest BCUT2D eigenvalue weighted by Crippen LogP contribution is -2.30. The number of nitrogens with one attached hydrogen (secondary N) is 1. The first-order chi connectivity index (χ1) is 11.0. The summed E-state index contributed by atoms with van der Waals surface area (Å²) in [5, 5.41) is 2.76. The largest absolute Gasteiger partial charge is 0.493 e. The first kappa shape index (κ1) is 16.6.